The first-order valence-corrected chi connectivity index (χ1v) is 7.69. The quantitative estimate of drug-likeness (QED) is 0.571. The third kappa shape index (κ3) is 3.38. The van der Waals surface area contributed by atoms with E-state index in [1.807, 2.05) is 0 Å². The van der Waals surface area contributed by atoms with E-state index in [9.17, 15) is 15.0 Å². The van der Waals surface area contributed by atoms with Crippen molar-refractivity contribution in [3.05, 3.63) is 11.8 Å². The molecule has 0 aromatic carbocycles. The molecule has 0 spiro atoms. The largest absolute Gasteiger partial charge is 0.510 e. The summed E-state index contributed by atoms with van der Waals surface area (Å²) in [4.78, 5) is 11.4. The number of allylic oxidation sites excluding steroid dienone is 1. The number of hydrogen-bond acceptors (Lipinski definition) is 3. The smallest absolute Gasteiger partial charge is 0.133 e. The molecular formula is C16H26O3. The Morgan fingerprint density at radius 3 is 2.47 bits per heavy atom. The Morgan fingerprint density at radius 2 is 1.89 bits per heavy atom. The highest BCUT2D eigenvalue weighted by Crippen LogP contribution is 2.49. The molecule has 3 heteroatoms. The number of ketones is 1. The van der Waals surface area contributed by atoms with Gasteiger partial charge in [0.2, 0.25) is 0 Å². The second-order valence-electron chi connectivity index (χ2n) is 6.35. The van der Waals surface area contributed by atoms with E-state index in [2.05, 4.69) is 6.92 Å². The number of hydrogen-bond donors (Lipinski definition) is 2. The lowest BCUT2D eigenvalue weighted by Gasteiger charge is -2.23. The van der Waals surface area contributed by atoms with Crippen LogP contribution in [0.2, 0.25) is 0 Å². The third-order valence-corrected chi connectivity index (χ3v) is 4.72. The zero-order valence-electron chi connectivity index (χ0n) is 11.9. The zero-order valence-corrected chi connectivity index (χ0v) is 11.9. The highest BCUT2D eigenvalue weighted by atomic mass is 16.3. The Balaban J connectivity index is 1.84. The fourth-order valence-corrected chi connectivity index (χ4v) is 3.64. The number of carbonyl (C=O) groups excluding carboxylic acids is 1. The second-order valence-corrected chi connectivity index (χ2v) is 6.35. The molecule has 0 aromatic rings. The minimum atomic E-state index is -1.05. The standard InChI is InChI=1S/C16H26O3/c1-2-3-4-5-6-7-15(18)16(19)10-12-8-14(17)9-13(12)11-16/h7,12-13,18-19H,2-6,8-11H2,1H3/t12-,13-/m0/s1. The average Bonchev–Trinajstić information content (AvgIpc) is 2.82. The Hall–Kier alpha value is -0.830. The zero-order chi connectivity index (χ0) is 13.9. The summed E-state index contributed by atoms with van der Waals surface area (Å²) >= 11 is 0. The van der Waals surface area contributed by atoms with Crippen molar-refractivity contribution in [1.29, 1.82) is 0 Å². The molecule has 0 bridgehead atoms. The molecule has 0 aromatic heterocycles. The van der Waals surface area contributed by atoms with Gasteiger partial charge in [0.15, 0.2) is 0 Å². The summed E-state index contributed by atoms with van der Waals surface area (Å²) < 4.78 is 0. The van der Waals surface area contributed by atoms with E-state index < -0.39 is 5.60 Å². The van der Waals surface area contributed by atoms with E-state index in [1.54, 1.807) is 6.08 Å². The normalized spacial score (nSPS) is 29.8. The molecule has 108 valence electrons. The lowest BCUT2D eigenvalue weighted by Crippen LogP contribution is -2.28. The number of fused-ring (bicyclic) bond motifs is 1. The van der Waals surface area contributed by atoms with E-state index in [1.165, 1.54) is 19.3 Å². The molecule has 3 nitrogen and oxygen atoms in total. The predicted molar refractivity (Wildman–Crippen MR) is 74.9 cm³/mol. The van der Waals surface area contributed by atoms with Crippen LogP contribution >= 0.6 is 0 Å². The number of aliphatic hydroxyl groups is 2. The van der Waals surface area contributed by atoms with Crippen molar-refractivity contribution in [2.75, 3.05) is 0 Å². The van der Waals surface area contributed by atoms with Crippen molar-refractivity contribution in [2.24, 2.45) is 11.8 Å². The van der Waals surface area contributed by atoms with Crippen LogP contribution in [-0.2, 0) is 4.79 Å². The van der Waals surface area contributed by atoms with Crippen molar-refractivity contribution in [1.82, 2.24) is 0 Å². The van der Waals surface area contributed by atoms with Gasteiger partial charge in [0.1, 0.15) is 17.1 Å². The first-order valence-electron chi connectivity index (χ1n) is 7.69. The molecule has 19 heavy (non-hydrogen) atoms. The molecule has 2 aliphatic rings. The summed E-state index contributed by atoms with van der Waals surface area (Å²) in [5.74, 6) is 1.03. The molecule has 2 fully saturated rings. The maximum absolute atomic E-state index is 11.4. The first kappa shape index (κ1) is 14.6. The van der Waals surface area contributed by atoms with Crippen LogP contribution in [0.1, 0.15) is 64.7 Å². The predicted octanol–water partition coefficient (Wildman–Crippen LogP) is 3.52. The minimum absolute atomic E-state index is 0.144. The van der Waals surface area contributed by atoms with E-state index >= 15 is 0 Å². The Morgan fingerprint density at radius 1 is 1.26 bits per heavy atom. The molecule has 2 N–H and O–H groups in total. The van der Waals surface area contributed by atoms with Gasteiger partial charge in [-0.25, -0.2) is 0 Å². The van der Waals surface area contributed by atoms with Crippen molar-refractivity contribution in [2.45, 2.75) is 70.3 Å². The van der Waals surface area contributed by atoms with E-state index in [0.717, 1.165) is 12.8 Å². The Bertz CT molecular complexity index is 343. The lowest BCUT2D eigenvalue weighted by molar-refractivity contribution is -0.118. The van der Waals surface area contributed by atoms with Crippen LogP contribution < -0.4 is 0 Å². The SMILES string of the molecule is CCCCCCC=C(O)C1(O)C[C@@H]2CC(=O)C[C@H]2C1. The van der Waals surface area contributed by atoms with Crippen molar-refractivity contribution < 1.29 is 15.0 Å². The third-order valence-electron chi connectivity index (χ3n) is 4.72. The van der Waals surface area contributed by atoms with Crippen LogP contribution in [0.3, 0.4) is 0 Å². The van der Waals surface area contributed by atoms with Crippen molar-refractivity contribution >= 4 is 5.78 Å². The molecule has 2 rings (SSSR count). The Labute approximate surface area is 115 Å². The highest BCUT2D eigenvalue weighted by molar-refractivity contribution is 5.81. The number of Topliss-reactive ketones (excluding diaryl/α,β-unsaturated/α-hetero) is 1. The van der Waals surface area contributed by atoms with Gasteiger partial charge in [0.05, 0.1) is 0 Å². The number of rotatable bonds is 6. The van der Waals surface area contributed by atoms with Gasteiger partial charge in [-0.3, -0.25) is 4.79 Å². The molecule has 0 heterocycles. The fourth-order valence-electron chi connectivity index (χ4n) is 3.64. The van der Waals surface area contributed by atoms with Gasteiger partial charge in [-0.05, 0) is 43.6 Å². The fraction of sp³-hybridized carbons (Fsp3) is 0.812. The number of aliphatic hydroxyl groups excluding tert-OH is 1. The summed E-state index contributed by atoms with van der Waals surface area (Å²) in [6.45, 7) is 2.18. The molecule has 0 aliphatic heterocycles. The van der Waals surface area contributed by atoms with Gasteiger partial charge in [0, 0.05) is 12.8 Å². The van der Waals surface area contributed by atoms with E-state index in [4.69, 9.17) is 0 Å². The van der Waals surface area contributed by atoms with Crippen LogP contribution in [0.25, 0.3) is 0 Å². The monoisotopic (exact) mass is 266 g/mol. The Kier molecular flexibility index (Phi) is 4.67. The summed E-state index contributed by atoms with van der Waals surface area (Å²) in [5.41, 5.74) is -1.05. The van der Waals surface area contributed by atoms with E-state index in [-0.39, 0.29) is 17.6 Å². The van der Waals surface area contributed by atoms with Crippen LogP contribution in [-0.4, -0.2) is 21.6 Å². The second kappa shape index (κ2) is 6.08. The van der Waals surface area contributed by atoms with Crippen LogP contribution in [0.15, 0.2) is 11.8 Å². The molecular weight excluding hydrogens is 240 g/mol. The highest BCUT2D eigenvalue weighted by Gasteiger charge is 2.50. The maximum Gasteiger partial charge on any atom is 0.133 e. The van der Waals surface area contributed by atoms with Crippen molar-refractivity contribution in [3.8, 4) is 0 Å². The van der Waals surface area contributed by atoms with E-state index in [0.29, 0.717) is 31.5 Å². The van der Waals surface area contributed by atoms with Gasteiger partial charge in [-0.2, -0.15) is 0 Å². The summed E-state index contributed by atoms with van der Waals surface area (Å²) in [5, 5.41) is 20.6. The van der Waals surface area contributed by atoms with Crippen LogP contribution in [0.4, 0.5) is 0 Å². The van der Waals surface area contributed by atoms with Gasteiger partial charge in [-0.1, -0.05) is 26.2 Å². The van der Waals surface area contributed by atoms with Crippen LogP contribution in [0.5, 0.6) is 0 Å². The number of carbonyl (C=O) groups is 1. The minimum Gasteiger partial charge on any atom is -0.510 e. The number of unbranched alkanes of at least 4 members (excludes halogenated alkanes) is 4. The van der Waals surface area contributed by atoms with Crippen LogP contribution in [0, 0.1) is 11.8 Å². The lowest BCUT2D eigenvalue weighted by atomic mass is 9.94. The first-order chi connectivity index (χ1) is 9.05. The van der Waals surface area contributed by atoms with Gasteiger partial charge in [0.25, 0.3) is 0 Å². The average molecular weight is 266 g/mol. The van der Waals surface area contributed by atoms with Crippen molar-refractivity contribution in [3.63, 3.8) is 0 Å². The molecule has 0 amide bonds. The molecule has 0 saturated heterocycles. The topological polar surface area (TPSA) is 57.5 Å². The molecule has 2 atom stereocenters. The van der Waals surface area contributed by atoms with Gasteiger partial charge < -0.3 is 10.2 Å². The molecule has 0 unspecified atom stereocenters. The van der Waals surface area contributed by atoms with Gasteiger partial charge >= 0.3 is 0 Å². The van der Waals surface area contributed by atoms with Gasteiger partial charge in [-0.15, -0.1) is 0 Å². The molecule has 2 aliphatic carbocycles. The summed E-state index contributed by atoms with van der Waals surface area (Å²) in [6.07, 6.45) is 9.61. The summed E-state index contributed by atoms with van der Waals surface area (Å²) in [6, 6.07) is 0. The maximum atomic E-state index is 11.4. The molecule has 2 saturated carbocycles. The molecule has 0 radical (unpaired) electrons. The summed E-state index contributed by atoms with van der Waals surface area (Å²) in [7, 11) is 0.